The molecule has 2 atom stereocenters. The maximum absolute atomic E-state index is 12.1. The molecular weight excluding hydrogens is 318 g/mol. The van der Waals surface area contributed by atoms with E-state index in [-0.39, 0.29) is 18.9 Å². The van der Waals surface area contributed by atoms with Crippen LogP contribution in [0.4, 0.5) is 0 Å². The van der Waals surface area contributed by atoms with E-state index >= 15 is 0 Å². The molecule has 1 heterocycles. The largest absolute Gasteiger partial charge is 0.480 e. The Labute approximate surface area is 139 Å². The van der Waals surface area contributed by atoms with Crippen molar-refractivity contribution < 1.29 is 29.1 Å². The molecule has 0 radical (unpaired) electrons. The molecule has 0 bridgehead atoms. The van der Waals surface area contributed by atoms with Gasteiger partial charge < -0.3 is 15.7 Å². The molecule has 3 N–H and O–H groups in total. The van der Waals surface area contributed by atoms with E-state index in [0.29, 0.717) is 0 Å². The van der Waals surface area contributed by atoms with Crippen LogP contribution in [0.1, 0.15) is 27.2 Å². The number of nitrogens with one attached hydrogen (secondary N) is 2. The number of hydrogen-bond donors (Lipinski definition) is 3. The number of hydrogen-bond acceptors (Lipinski definition) is 5. The smallest absolute Gasteiger partial charge is 0.325 e. The summed E-state index contributed by atoms with van der Waals surface area (Å²) >= 11 is 0. The van der Waals surface area contributed by atoms with E-state index < -0.39 is 41.7 Å². The molecule has 0 aromatic rings. The third kappa shape index (κ3) is 5.18. The lowest BCUT2D eigenvalue weighted by Crippen LogP contribution is -2.53. The van der Waals surface area contributed by atoms with Gasteiger partial charge in [0.25, 0.3) is 11.8 Å². The van der Waals surface area contributed by atoms with E-state index in [1.165, 1.54) is 6.92 Å². The minimum absolute atomic E-state index is 0.0888. The van der Waals surface area contributed by atoms with E-state index in [4.69, 9.17) is 5.11 Å². The van der Waals surface area contributed by atoms with Crippen molar-refractivity contribution in [3.05, 3.63) is 12.2 Å². The highest BCUT2D eigenvalue weighted by Crippen LogP contribution is 2.06. The third-order valence-corrected chi connectivity index (χ3v) is 3.46. The Morgan fingerprint density at radius 2 is 1.62 bits per heavy atom. The molecule has 0 fully saturated rings. The predicted molar refractivity (Wildman–Crippen MR) is 82.5 cm³/mol. The first-order valence-corrected chi connectivity index (χ1v) is 7.49. The SMILES string of the molecule is CC(C)[C@H](NC(=O)CCN1C(=O)C=CC1=O)C(=O)N[C@@H](C)C(=O)O. The van der Waals surface area contributed by atoms with Gasteiger partial charge in [0.15, 0.2) is 0 Å². The van der Waals surface area contributed by atoms with Gasteiger partial charge in [-0.25, -0.2) is 0 Å². The normalized spacial score (nSPS) is 16.2. The van der Waals surface area contributed by atoms with Gasteiger partial charge in [0.1, 0.15) is 12.1 Å². The van der Waals surface area contributed by atoms with E-state index in [2.05, 4.69) is 10.6 Å². The number of carbonyl (C=O) groups is 5. The van der Waals surface area contributed by atoms with Gasteiger partial charge in [-0.1, -0.05) is 13.8 Å². The summed E-state index contributed by atoms with van der Waals surface area (Å²) < 4.78 is 0. The Morgan fingerprint density at radius 1 is 1.08 bits per heavy atom. The number of imide groups is 1. The van der Waals surface area contributed by atoms with Crippen LogP contribution in [0.15, 0.2) is 12.2 Å². The zero-order valence-electron chi connectivity index (χ0n) is 13.7. The number of nitrogens with zero attached hydrogens (tertiary/aromatic N) is 1. The van der Waals surface area contributed by atoms with Crippen LogP contribution in [-0.2, 0) is 24.0 Å². The fraction of sp³-hybridized carbons (Fsp3) is 0.533. The van der Waals surface area contributed by atoms with E-state index in [1.54, 1.807) is 13.8 Å². The lowest BCUT2D eigenvalue weighted by molar-refractivity contribution is -0.142. The average molecular weight is 339 g/mol. The van der Waals surface area contributed by atoms with Gasteiger partial charge in [0.05, 0.1) is 0 Å². The van der Waals surface area contributed by atoms with Gasteiger partial charge >= 0.3 is 5.97 Å². The molecular formula is C15H21N3O6. The van der Waals surface area contributed by atoms with Crippen LogP contribution in [0.2, 0.25) is 0 Å². The fourth-order valence-electron chi connectivity index (χ4n) is 2.01. The van der Waals surface area contributed by atoms with Crippen molar-refractivity contribution >= 4 is 29.6 Å². The summed E-state index contributed by atoms with van der Waals surface area (Å²) in [4.78, 5) is 58.5. The second kappa shape index (κ2) is 8.23. The van der Waals surface area contributed by atoms with Gasteiger partial charge in [-0.15, -0.1) is 0 Å². The molecule has 0 aromatic heterocycles. The second-order valence-electron chi connectivity index (χ2n) is 5.77. The Kier molecular flexibility index (Phi) is 6.63. The number of rotatable bonds is 8. The average Bonchev–Trinajstić information content (AvgIpc) is 2.80. The van der Waals surface area contributed by atoms with Crippen molar-refractivity contribution in [1.29, 1.82) is 0 Å². The van der Waals surface area contributed by atoms with Gasteiger partial charge in [-0.3, -0.25) is 28.9 Å². The first-order chi connectivity index (χ1) is 11.1. The number of carboxylic acid groups (broad SMARTS) is 1. The quantitative estimate of drug-likeness (QED) is 0.487. The third-order valence-electron chi connectivity index (χ3n) is 3.46. The Balaban J connectivity index is 2.57. The molecule has 0 unspecified atom stereocenters. The first-order valence-electron chi connectivity index (χ1n) is 7.49. The Bertz CT molecular complexity index is 566. The van der Waals surface area contributed by atoms with Crippen LogP contribution in [0.3, 0.4) is 0 Å². The molecule has 9 nitrogen and oxygen atoms in total. The van der Waals surface area contributed by atoms with Gasteiger partial charge in [0, 0.05) is 25.1 Å². The Morgan fingerprint density at radius 3 is 2.08 bits per heavy atom. The van der Waals surface area contributed by atoms with Crippen LogP contribution in [0.5, 0.6) is 0 Å². The number of aliphatic carboxylic acids is 1. The van der Waals surface area contributed by atoms with Crippen LogP contribution in [0.25, 0.3) is 0 Å². The summed E-state index contributed by atoms with van der Waals surface area (Å²) in [6.45, 7) is 4.63. The lowest BCUT2D eigenvalue weighted by Gasteiger charge is -2.23. The summed E-state index contributed by atoms with van der Waals surface area (Å²) in [7, 11) is 0. The van der Waals surface area contributed by atoms with Gasteiger partial charge in [-0.2, -0.15) is 0 Å². The van der Waals surface area contributed by atoms with Crippen LogP contribution in [-0.4, -0.2) is 58.2 Å². The predicted octanol–water partition coefficient (Wildman–Crippen LogP) is -0.968. The molecule has 1 rings (SSSR count). The maximum Gasteiger partial charge on any atom is 0.325 e. The molecule has 0 saturated carbocycles. The maximum atomic E-state index is 12.1. The highest BCUT2D eigenvalue weighted by molar-refractivity contribution is 6.13. The summed E-state index contributed by atoms with van der Waals surface area (Å²) in [6.07, 6.45) is 2.10. The van der Waals surface area contributed by atoms with Crippen LogP contribution < -0.4 is 10.6 Å². The number of carbonyl (C=O) groups excluding carboxylic acids is 4. The molecule has 1 aliphatic rings. The summed E-state index contributed by atoms with van der Waals surface area (Å²) in [5.74, 6) is -3.55. The van der Waals surface area contributed by atoms with Crippen molar-refractivity contribution in [2.45, 2.75) is 39.3 Å². The monoisotopic (exact) mass is 339 g/mol. The fourth-order valence-corrected chi connectivity index (χ4v) is 2.01. The van der Waals surface area contributed by atoms with Crippen molar-refractivity contribution in [1.82, 2.24) is 15.5 Å². The molecule has 4 amide bonds. The molecule has 0 spiro atoms. The van der Waals surface area contributed by atoms with Gasteiger partial charge in [0.2, 0.25) is 11.8 Å². The molecule has 0 aliphatic carbocycles. The number of amides is 4. The standard InChI is InChI=1S/C15H21N3O6/c1-8(2)13(14(22)16-9(3)15(23)24)17-10(19)6-7-18-11(20)4-5-12(18)21/h4-5,8-9,13H,6-7H2,1-3H3,(H,16,22)(H,17,19)(H,23,24)/t9-,13-/m0/s1. The minimum atomic E-state index is -1.18. The highest BCUT2D eigenvalue weighted by atomic mass is 16.4. The Hall–Kier alpha value is -2.71. The zero-order chi connectivity index (χ0) is 18.4. The topological polar surface area (TPSA) is 133 Å². The summed E-state index contributed by atoms with van der Waals surface area (Å²) in [6, 6.07) is -2.00. The first kappa shape index (κ1) is 19.3. The molecule has 9 heteroatoms. The molecule has 132 valence electrons. The molecule has 1 aliphatic heterocycles. The van der Waals surface area contributed by atoms with E-state index in [0.717, 1.165) is 17.1 Å². The van der Waals surface area contributed by atoms with Crippen molar-refractivity contribution in [2.24, 2.45) is 5.92 Å². The summed E-state index contributed by atoms with van der Waals surface area (Å²) in [5, 5.41) is 13.6. The zero-order valence-corrected chi connectivity index (χ0v) is 13.7. The van der Waals surface area contributed by atoms with Gasteiger partial charge in [-0.05, 0) is 12.8 Å². The highest BCUT2D eigenvalue weighted by Gasteiger charge is 2.28. The van der Waals surface area contributed by atoms with Crippen LogP contribution in [0, 0.1) is 5.92 Å². The number of carboxylic acids is 1. The molecule has 0 aromatic carbocycles. The van der Waals surface area contributed by atoms with Crippen LogP contribution >= 0.6 is 0 Å². The molecule has 0 saturated heterocycles. The van der Waals surface area contributed by atoms with Crippen molar-refractivity contribution in [3.63, 3.8) is 0 Å². The van der Waals surface area contributed by atoms with Crippen molar-refractivity contribution in [2.75, 3.05) is 6.54 Å². The molecule has 24 heavy (non-hydrogen) atoms. The lowest BCUT2D eigenvalue weighted by atomic mass is 10.0. The second-order valence-corrected chi connectivity index (χ2v) is 5.77. The van der Waals surface area contributed by atoms with E-state index in [1.807, 2.05) is 0 Å². The minimum Gasteiger partial charge on any atom is -0.480 e. The van der Waals surface area contributed by atoms with Crippen molar-refractivity contribution in [3.8, 4) is 0 Å². The van der Waals surface area contributed by atoms with E-state index in [9.17, 15) is 24.0 Å². The summed E-state index contributed by atoms with van der Waals surface area (Å²) in [5.41, 5.74) is 0.